The molecule has 2 saturated heterocycles. The van der Waals surface area contributed by atoms with Crippen molar-refractivity contribution in [3.63, 3.8) is 0 Å². The number of likely N-dealkylation sites (tertiary alicyclic amines) is 2. The standard InChI is InChI=1S/C26H34N4O2/c1-28(20-22-11-7-8-16-27-22)17-15-26(32)29-18-14-24-23(29)12-5-6-13-25(31)30(24)19-21-9-3-2-4-10-21/h2-4,7-11,16,23-24H,5-6,12-15,17-20H2,1H3/t23-,24+/m1/s1. The van der Waals surface area contributed by atoms with E-state index in [0.717, 1.165) is 50.0 Å². The maximum atomic E-state index is 13.2. The monoisotopic (exact) mass is 434 g/mol. The number of carbonyl (C=O) groups excluding carboxylic acids is 2. The van der Waals surface area contributed by atoms with E-state index in [0.29, 0.717) is 25.9 Å². The summed E-state index contributed by atoms with van der Waals surface area (Å²) in [5.74, 6) is 0.436. The zero-order chi connectivity index (χ0) is 22.3. The highest BCUT2D eigenvalue weighted by Crippen LogP contribution is 2.31. The Kier molecular flexibility index (Phi) is 7.53. The molecule has 170 valence electrons. The average Bonchev–Trinajstić information content (AvgIpc) is 3.22. The van der Waals surface area contributed by atoms with Crippen LogP contribution in [0.5, 0.6) is 0 Å². The predicted octanol–water partition coefficient (Wildman–Crippen LogP) is 3.48. The van der Waals surface area contributed by atoms with E-state index in [4.69, 9.17) is 0 Å². The van der Waals surface area contributed by atoms with Crippen LogP contribution >= 0.6 is 0 Å². The van der Waals surface area contributed by atoms with Gasteiger partial charge < -0.3 is 14.7 Å². The second kappa shape index (κ2) is 10.7. The van der Waals surface area contributed by atoms with E-state index in [1.807, 2.05) is 43.4 Å². The lowest BCUT2D eigenvalue weighted by molar-refractivity contribution is -0.139. The van der Waals surface area contributed by atoms with Crippen LogP contribution in [-0.4, -0.2) is 63.7 Å². The van der Waals surface area contributed by atoms with E-state index in [9.17, 15) is 9.59 Å². The van der Waals surface area contributed by atoms with Gasteiger partial charge in [-0.15, -0.1) is 0 Å². The van der Waals surface area contributed by atoms with Gasteiger partial charge in [-0.2, -0.15) is 0 Å². The van der Waals surface area contributed by atoms with Gasteiger partial charge in [0.25, 0.3) is 0 Å². The number of carbonyl (C=O) groups is 2. The average molecular weight is 435 g/mol. The molecule has 6 nitrogen and oxygen atoms in total. The van der Waals surface area contributed by atoms with Gasteiger partial charge in [0, 0.05) is 45.2 Å². The predicted molar refractivity (Wildman–Crippen MR) is 125 cm³/mol. The maximum Gasteiger partial charge on any atom is 0.224 e. The Bertz CT molecular complexity index is 889. The van der Waals surface area contributed by atoms with E-state index in [1.54, 1.807) is 6.20 Å². The molecule has 4 rings (SSSR count). The zero-order valence-electron chi connectivity index (χ0n) is 19.0. The third-order valence-electron chi connectivity index (χ3n) is 6.75. The number of benzene rings is 1. The Balaban J connectivity index is 1.38. The molecular formula is C26H34N4O2. The first-order chi connectivity index (χ1) is 15.6. The number of hydrogen-bond acceptors (Lipinski definition) is 4. The summed E-state index contributed by atoms with van der Waals surface area (Å²) < 4.78 is 0. The van der Waals surface area contributed by atoms with Gasteiger partial charge in [0.2, 0.25) is 11.8 Å². The van der Waals surface area contributed by atoms with Crippen molar-refractivity contribution in [1.29, 1.82) is 0 Å². The summed E-state index contributed by atoms with van der Waals surface area (Å²) in [5.41, 5.74) is 2.17. The highest BCUT2D eigenvalue weighted by Gasteiger charge is 2.41. The Hall–Kier alpha value is -2.73. The Morgan fingerprint density at radius 3 is 2.66 bits per heavy atom. The number of amides is 2. The van der Waals surface area contributed by atoms with Crippen molar-refractivity contribution < 1.29 is 9.59 Å². The maximum absolute atomic E-state index is 13.2. The van der Waals surface area contributed by atoms with Gasteiger partial charge in [0.15, 0.2) is 0 Å². The van der Waals surface area contributed by atoms with Crippen molar-refractivity contribution in [2.75, 3.05) is 20.1 Å². The number of aromatic nitrogens is 1. The van der Waals surface area contributed by atoms with Crippen molar-refractivity contribution in [2.45, 2.75) is 63.7 Å². The molecule has 2 aliphatic rings. The normalized spacial score (nSPS) is 21.4. The molecule has 2 atom stereocenters. The summed E-state index contributed by atoms with van der Waals surface area (Å²) >= 11 is 0. The molecule has 0 spiro atoms. The minimum absolute atomic E-state index is 0.123. The number of fused-ring (bicyclic) bond motifs is 1. The summed E-state index contributed by atoms with van der Waals surface area (Å²) in [7, 11) is 2.03. The van der Waals surface area contributed by atoms with Crippen LogP contribution in [0.25, 0.3) is 0 Å². The van der Waals surface area contributed by atoms with E-state index in [-0.39, 0.29) is 23.9 Å². The fraction of sp³-hybridized carbons (Fsp3) is 0.500. The minimum atomic E-state index is 0.123. The first kappa shape index (κ1) is 22.5. The lowest BCUT2D eigenvalue weighted by Crippen LogP contribution is -2.50. The van der Waals surface area contributed by atoms with Gasteiger partial charge in [-0.3, -0.25) is 14.6 Å². The van der Waals surface area contributed by atoms with Crippen molar-refractivity contribution in [3.8, 4) is 0 Å². The summed E-state index contributed by atoms with van der Waals surface area (Å²) in [6, 6.07) is 16.4. The van der Waals surface area contributed by atoms with Crippen LogP contribution in [0.4, 0.5) is 0 Å². The molecule has 1 aromatic carbocycles. The Labute approximate surface area is 191 Å². The molecule has 2 amide bonds. The quantitative estimate of drug-likeness (QED) is 0.670. The van der Waals surface area contributed by atoms with Gasteiger partial charge in [-0.1, -0.05) is 42.8 Å². The van der Waals surface area contributed by atoms with Crippen molar-refractivity contribution in [2.24, 2.45) is 0 Å². The van der Waals surface area contributed by atoms with Crippen LogP contribution in [0.15, 0.2) is 54.7 Å². The second-order valence-corrected chi connectivity index (χ2v) is 9.07. The van der Waals surface area contributed by atoms with Crippen LogP contribution in [0.1, 0.15) is 49.8 Å². The van der Waals surface area contributed by atoms with Crippen molar-refractivity contribution in [1.82, 2.24) is 19.7 Å². The molecule has 32 heavy (non-hydrogen) atoms. The number of hydrogen-bond donors (Lipinski definition) is 0. The molecule has 0 unspecified atom stereocenters. The topological polar surface area (TPSA) is 56.8 Å². The molecule has 2 fully saturated rings. The van der Waals surface area contributed by atoms with Gasteiger partial charge in [0.05, 0.1) is 17.8 Å². The highest BCUT2D eigenvalue weighted by molar-refractivity contribution is 5.79. The minimum Gasteiger partial charge on any atom is -0.338 e. The molecule has 2 aliphatic heterocycles. The lowest BCUT2D eigenvalue weighted by Gasteiger charge is -2.37. The van der Waals surface area contributed by atoms with Gasteiger partial charge >= 0.3 is 0 Å². The van der Waals surface area contributed by atoms with Crippen LogP contribution in [0.3, 0.4) is 0 Å². The van der Waals surface area contributed by atoms with E-state index >= 15 is 0 Å². The molecule has 2 aromatic rings. The molecule has 6 heteroatoms. The second-order valence-electron chi connectivity index (χ2n) is 9.07. The first-order valence-electron chi connectivity index (χ1n) is 11.8. The van der Waals surface area contributed by atoms with Crippen LogP contribution in [0.2, 0.25) is 0 Å². The van der Waals surface area contributed by atoms with Crippen LogP contribution < -0.4 is 0 Å². The fourth-order valence-electron chi connectivity index (χ4n) is 5.08. The van der Waals surface area contributed by atoms with Gasteiger partial charge in [-0.05, 0) is 44.0 Å². The largest absolute Gasteiger partial charge is 0.338 e. The van der Waals surface area contributed by atoms with Crippen molar-refractivity contribution in [3.05, 3.63) is 66.0 Å². The summed E-state index contributed by atoms with van der Waals surface area (Å²) in [4.78, 5) is 36.8. The smallest absolute Gasteiger partial charge is 0.224 e. The Morgan fingerprint density at radius 1 is 1.06 bits per heavy atom. The van der Waals surface area contributed by atoms with Crippen molar-refractivity contribution >= 4 is 11.8 Å². The van der Waals surface area contributed by atoms with Gasteiger partial charge in [0.1, 0.15) is 0 Å². The molecule has 0 N–H and O–H groups in total. The molecular weight excluding hydrogens is 400 g/mol. The number of pyridine rings is 1. The zero-order valence-corrected chi connectivity index (χ0v) is 19.0. The third kappa shape index (κ3) is 5.54. The first-order valence-corrected chi connectivity index (χ1v) is 11.8. The van der Waals surface area contributed by atoms with E-state index in [1.165, 1.54) is 0 Å². The molecule has 0 bridgehead atoms. The van der Waals surface area contributed by atoms with Gasteiger partial charge in [-0.25, -0.2) is 0 Å². The SMILES string of the molecule is CN(CCC(=O)N1CC[C@H]2[C@H]1CCCCC(=O)N2Cc1ccccc1)Cc1ccccn1. The molecule has 0 saturated carbocycles. The molecule has 1 aromatic heterocycles. The lowest BCUT2D eigenvalue weighted by atomic mass is 9.96. The molecule has 3 heterocycles. The van der Waals surface area contributed by atoms with E-state index in [2.05, 4.69) is 31.8 Å². The number of rotatable bonds is 7. The summed E-state index contributed by atoms with van der Waals surface area (Å²) in [6.07, 6.45) is 6.69. The highest BCUT2D eigenvalue weighted by atomic mass is 16.2. The third-order valence-corrected chi connectivity index (χ3v) is 6.75. The van der Waals surface area contributed by atoms with Crippen LogP contribution in [0, 0.1) is 0 Å². The van der Waals surface area contributed by atoms with E-state index < -0.39 is 0 Å². The molecule has 0 radical (unpaired) electrons. The Morgan fingerprint density at radius 2 is 1.88 bits per heavy atom. The molecule has 0 aliphatic carbocycles. The number of nitrogens with zero attached hydrogens (tertiary/aromatic N) is 4. The summed E-state index contributed by atoms with van der Waals surface area (Å²) in [5, 5.41) is 0. The summed E-state index contributed by atoms with van der Waals surface area (Å²) in [6.45, 7) is 2.82. The van der Waals surface area contributed by atoms with Crippen LogP contribution in [-0.2, 0) is 22.7 Å². The fourth-order valence-corrected chi connectivity index (χ4v) is 5.08.